The Labute approximate surface area is 142 Å². The maximum Gasteiger partial charge on any atom is 0.237 e. The van der Waals surface area contributed by atoms with Gasteiger partial charge >= 0.3 is 0 Å². The first-order valence-corrected chi connectivity index (χ1v) is 8.69. The summed E-state index contributed by atoms with van der Waals surface area (Å²) in [5.41, 5.74) is 0. The molecule has 3 rings (SSSR count). The Morgan fingerprint density at radius 1 is 1.25 bits per heavy atom. The van der Waals surface area contributed by atoms with E-state index in [1.165, 1.54) is 0 Å². The number of hydrogen-bond acceptors (Lipinski definition) is 5. The Balaban J connectivity index is 1.37. The van der Waals surface area contributed by atoms with E-state index in [0.29, 0.717) is 26.1 Å². The number of aromatic nitrogens is 1. The van der Waals surface area contributed by atoms with Crippen LogP contribution in [0.25, 0.3) is 0 Å². The van der Waals surface area contributed by atoms with E-state index in [-0.39, 0.29) is 17.9 Å². The van der Waals surface area contributed by atoms with Gasteiger partial charge in [0, 0.05) is 45.3 Å². The van der Waals surface area contributed by atoms with Crippen molar-refractivity contribution in [2.75, 3.05) is 44.2 Å². The average molecular weight is 331 g/mol. The molecule has 2 saturated heterocycles. The number of anilines is 1. The zero-order valence-corrected chi connectivity index (χ0v) is 13.9. The summed E-state index contributed by atoms with van der Waals surface area (Å²) >= 11 is 0. The number of carbonyl (C=O) groups excluding carboxylic acids is 2. The average Bonchev–Trinajstić information content (AvgIpc) is 3.17. The molecule has 2 aliphatic rings. The van der Waals surface area contributed by atoms with Gasteiger partial charge in [-0.25, -0.2) is 4.98 Å². The molecule has 7 nitrogen and oxygen atoms in total. The number of pyridine rings is 1. The van der Waals surface area contributed by atoms with Gasteiger partial charge in [-0.05, 0) is 31.5 Å². The quantitative estimate of drug-likeness (QED) is 0.793. The summed E-state index contributed by atoms with van der Waals surface area (Å²) in [6, 6.07) is 5.78. The molecule has 2 fully saturated rings. The highest BCUT2D eigenvalue weighted by molar-refractivity contribution is 5.83. The highest BCUT2D eigenvalue weighted by atomic mass is 16.2. The maximum absolute atomic E-state index is 12.3. The fourth-order valence-corrected chi connectivity index (χ4v) is 3.21. The van der Waals surface area contributed by atoms with Crippen LogP contribution in [0.4, 0.5) is 5.82 Å². The molecule has 1 aromatic heterocycles. The molecule has 2 N–H and O–H groups in total. The van der Waals surface area contributed by atoms with Crippen molar-refractivity contribution in [2.45, 2.75) is 25.3 Å². The molecule has 0 spiro atoms. The fourth-order valence-electron chi connectivity index (χ4n) is 3.21. The van der Waals surface area contributed by atoms with Gasteiger partial charge in [0.15, 0.2) is 0 Å². The smallest absolute Gasteiger partial charge is 0.237 e. The van der Waals surface area contributed by atoms with Crippen LogP contribution in [-0.4, -0.2) is 67.0 Å². The number of nitrogens with one attached hydrogen (secondary N) is 2. The lowest BCUT2D eigenvalue weighted by Gasteiger charge is -2.35. The Bertz CT molecular complexity index is 551. The molecule has 0 radical (unpaired) electrons. The van der Waals surface area contributed by atoms with Crippen molar-refractivity contribution in [3.63, 3.8) is 0 Å². The number of piperazine rings is 1. The molecule has 7 heteroatoms. The SMILES string of the molecule is O=C(NCCC(=O)N1CCN(c2ccccn2)CC1)[C@@H]1CCCN1. The summed E-state index contributed by atoms with van der Waals surface area (Å²) in [4.78, 5) is 32.6. The molecule has 3 heterocycles. The first-order chi connectivity index (χ1) is 11.7. The van der Waals surface area contributed by atoms with E-state index in [0.717, 1.165) is 38.3 Å². The minimum Gasteiger partial charge on any atom is -0.354 e. The van der Waals surface area contributed by atoms with E-state index in [9.17, 15) is 9.59 Å². The normalized spacial score (nSPS) is 20.9. The van der Waals surface area contributed by atoms with Gasteiger partial charge in [0.1, 0.15) is 5.82 Å². The number of nitrogens with zero attached hydrogens (tertiary/aromatic N) is 3. The molecule has 24 heavy (non-hydrogen) atoms. The fraction of sp³-hybridized carbons (Fsp3) is 0.588. The van der Waals surface area contributed by atoms with Crippen LogP contribution in [0.3, 0.4) is 0 Å². The molecule has 130 valence electrons. The van der Waals surface area contributed by atoms with Crippen LogP contribution in [0.1, 0.15) is 19.3 Å². The molecule has 2 aliphatic heterocycles. The van der Waals surface area contributed by atoms with Crippen LogP contribution < -0.4 is 15.5 Å². The molecule has 0 unspecified atom stereocenters. The largest absolute Gasteiger partial charge is 0.354 e. The molecule has 1 aromatic rings. The molecule has 0 bridgehead atoms. The lowest BCUT2D eigenvalue weighted by molar-refractivity contribution is -0.131. The van der Waals surface area contributed by atoms with Gasteiger partial charge in [0.05, 0.1) is 6.04 Å². The van der Waals surface area contributed by atoms with Crippen LogP contribution in [0.15, 0.2) is 24.4 Å². The zero-order chi connectivity index (χ0) is 16.8. The van der Waals surface area contributed by atoms with Gasteiger partial charge in [0.25, 0.3) is 0 Å². The lowest BCUT2D eigenvalue weighted by Crippen LogP contribution is -2.49. The maximum atomic E-state index is 12.3. The number of carbonyl (C=O) groups is 2. The first kappa shape index (κ1) is 16.7. The Morgan fingerprint density at radius 3 is 2.75 bits per heavy atom. The van der Waals surface area contributed by atoms with Crippen LogP contribution in [0, 0.1) is 0 Å². The summed E-state index contributed by atoms with van der Waals surface area (Å²) in [5, 5.41) is 6.02. The van der Waals surface area contributed by atoms with E-state index in [1.807, 2.05) is 23.1 Å². The van der Waals surface area contributed by atoms with E-state index in [1.54, 1.807) is 6.20 Å². The zero-order valence-electron chi connectivity index (χ0n) is 13.9. The predicted molar refractivity (Wildman–Crippen MR) is 91.7 cm³/mol. The summed E-state index contributed by atoms with van der Waals surface area (Å²) in [6.07, 6.45) is 4.07. The van der Waals surface area contributed by atoms with Crippen molar-refractivity contribution < 1.29 is 9.59 Å². The Morgan fingerprint density at radius 2 is 2.08 bits per heavy atom. The third-order valence-corrected chi connectivity index (χ3v) is 4.62. The molecule has 0 saturated carbocycles. The highest BCUT2D eigenvalue weighted by Crippen LogP contribution is 2.13. The second-order valence-electron chi connectivity index (χ2n) is 6.25. The van der Waals surface area contributed by atoms with Gasteiger partial charge in [-0.15, -0.1) is 0 Å². The summed E-state index contributed by atoms with van der Waals surface area (Å²) < 4.78 is 0. The van der Waals surface area contributed by atoms with Crippen molar-refractivity contribution in [1.82, 2.24) is 20.5 Å². The lowest BCUT2D eigenvalue weighted by atomic mass is 10.2. The van der Waals surface area contributed by atoms with E-state index in [4.69, 9.17) is 0 Å². The molecule has 1 atom stereocenters. The molecule has 0 aliphatic carbocycles. The Hall–Kier alpha value is -2.15. The summed E-state index contributed by atoms with van der Waals surface area (Å²) in [5.74, 6) is 1.08. The van der Waals surface area contributed by atoms with Crippen LogP contribution in [0.2, 0.25) is 0 Å². The van der Waals surface area contributed by atoms with Crippen molar-refractivity contribution >= 4 is 17.6 Å². The third kappa shape index (κ3) is 4.23. The minimum atomic E-state index is -0.0815. The number of hydrogen-bond donors (Lipinski definition) is 2. The standard InChI is InChI=1S/C17H25N5O2/c23-16(6-9-20-17(24)14-4-3-8-18-14)22-12-10-21(11-13-22)15-5-1-2-7-19-15/h1-2,5,7,14,18H,3-4,6,8-13H2,(H,20,24)/t14-/m0/s1. The highest BCUT2D eigenvalue weighted by Gasteiger charge is 2.23. The molecular formula is C17H25N5O2. The van der Waals surface area contributed by atoms with Crippen molar-refractivity contribution in [2.24, 2.45) is 0 Å². The van der Waals surface area contributed by atoms with Gasteiger partial charge < -0.3 is 20.4 Å². The molecular weight excluding hydrogens is 306 g/mol. The van der Waals surface area contributed by atoms with Crippen molar-refractivity contribution in [3.05, 3.63) is 24.4 Å². The third-order valence-electron chi connectivity index (χ3n) is 4.62. The van der Waals surface area contributed by atoms with Crippen LogP contribution in [0.5, 0.6) is 0 Å². The van der Waals surface area contributed by atoms with E-state index < -0.39 is 0 Å². The monoisotopic (exact) mass is 331 g/mol. The van der Waals surface area contributed by atoms with Crippen molar-refractivity contribution in [3.8, 4) is 0 Å². The Kier molecular flexibility index (Phi) is 5.63. The van der Waals surface area contributed by atoms with Gasteiger partial charge in [-0.2, -0.15) is 0 Å². The second-order valence-corrected chi connectivity index (χ2v) is 6.25. The van der Waals surface area contributed by atoms with Crippen LogP contribution >= 0.6 is 0 Å². The molecule has 2 amide bonds. The van der Waals surface area contributed by atoms with Gasteiger partial charge in [0.2, 0.25) is 11.8 Å². The second kappa shape index (κ2) is 8.10. The van der Waals surface area contributed by atoms with Crippen molar-refractivity contribution in [1.29, 1.82) is 0 Å². The molecule has 0 aromatic carbocycles. The van der Waals surface area contributed by atoms with E-state index in [2.05, 4.69) is 20.5 Å². The number of amides is 2. The minimum absolute atomic E-state index is 0.0141. The summed E-state index contributed by atoms with van der Waals surface area (Å²) in [7, 11) is 0. The van der Waals surface area contributed by atoms with Gasteiger partial charge in [-0.1, -0.05) is 6.07 Å². The number of rotatable bonds is 5. The van der Waals surface area contributed by atoms with Crippen LogP contribution in [-0.2, 0) is 9.59 Å². The predicted octanol–water partition coefficient (Wildman–Crippen LogP) is -0.0115. The van der Waals surface area contributed by atoms with E-state index >= 15 is 0 Å². The topological polar surface area (TPSA) is 77.6 Å². The summed E-state index contributed by atoms with van der Waals surface area (Å²) in [6.45, 7) is 4.30. The van der Waals surface area contributed by atoms with Gasteiger partial charge in [-0.3, -0.25) is 9.59 Å². The first-order valence-electron chi connectivity index (χ1n) is 8.69.